The Bertz CT molecular complexity index is 1300. The zero-order chi connectivity index (χ0) is 29.7. The number of piperidine rings is 2. The molecule has 0 N–H and O–H groups in total. The van der Waals surface area contributed by atoms with Gasteiger partial charge in [0.05, 0.1) is 12.2 Å². The van der Waals surface area contributed by atoms with Crippen molar-refractivity contribution >= 4 is 17.4 Å². The average Bonchev–Trinajstić information content (AvgIpc) is 3.03. The molecule has 1 atom stereocenters. The Labute approximate surface area is 245 Å². The number of hydrogen-bond acceptors (Lipinski definition) is 5. The number of likely N-dealkylation sites (tertiary alicyclic amines) is 1. The molecule has 1 aromatic carbocycles. The van der Waals surface area contributed by atoms with Gasteiger partial charge in [-0.2, -0.15) is 13.2 Å². The van der Waals surface area contributed by atoms with Gasteiger partial charge in [0.15, 0.2) is 0 Å². The largest absolute Gasteiger partial charge is 0.493 e. The monoisotopic (exact) mass is 581 g/mol. The second-order valence-electron chi connectivity index (χ2n) is 11.6. The van der Waals surface area contributed by atoms with Gasteiger partial charge < -0.3 is 19.4 Å². The van der Waals surface area contributed by atoms with Gasteiger partial charge in [-0.15, -0.1) is 0 Å². The van der Waals surface area contributed by atoms with Crippen LogP contribution < -0.4 is 9.64 Å². The number of ether oxygens (including phenoxy) is 1. The number of alkyl halides is 3. The summed E-state index contributed by atoms with van der Waals surface area (Å²) in [6, 6.07) is 4.33. The van der Waals surface area contributed by atoms with Crippen LogP contribution >= 0.6 is 0 Å². The van der Waals surface area contributed by atoms with Crippen molar-refractivity contribution in [3.63, 3.8) is 0 Å². The first-order chi connectivity index (χ1) is 20.2. The quantitative estimate of drug-likeness (QED) is 0.352. The molecular formula is C32H38F3N5O2. The maximum atomic E-state index is 14.1. The number of rotatable bonds is 7. The molecule has 7 nitrogen and oxygen atoms in total. The molecule has 1 unspecified atom stereocenters. The van der Waals surface area contributed by atoms with E-state index < -0.39 is 11.7 Å². The van der Waals surface area contributed by atoms with Gasteiger partial charge in [0.2, 0.25) is 17.9 Å². The average molecular weight is 582 g/mol. The zero-order valence-corrected chi connectivity index (χ0v) is 24.1. The van der Waals surface area contributed by atoms with E-state index in [1.54, 1.807) is 6.07 Å². The van der Waals surface area contributed by atoms with Crippen molar-refractivity contribution in [3.8, 4) is 5.75 Å². The minimum absolute atomic E-state index is 0.00123. The van der Waals surface area contributed by atoms with E-state index in [2.05, 4.69) is 26.6 Å². The molecule has 42 heavy (non-hydrogen) atoms. The minimum Gasteiger partial charge on any atom is -0.493 e. The molecular weight excluding hydrogens is 543 g/mol. The Balaban J connectivity index is 1.17. The number of aromatic nitrogens is 2. The second-order valence-corrected chi connectivity index (χ2v) is 11.6. The SMILES string of the molecule is [C-]#[N+]C1CCN(C(=O)C2CC=C(c3ccc(OCC4CCN(c5ncc(CC)cn5)CC4)c(C(F)(F)F)c3)CC2)CC1. The van der Waals surface area contributed by atoms with Crippen LogP contribution in [0.4, 0.5) is 19.1 Å². The van der Waals surface area contributed by atoms with Crippen molar-refractivity contribution in [2.75, 3.05) is 37.7 Å². The Morgan fingerprint density at radius 2 is 1.79 bits per heavy atom. The number of halogens is 3. The highest BCUT2D eigenvalue weighted by molar-refractivity contribution is 5.81. The third kappa shape index (κ3) is 7.05. The van der Waals surface area contributed by atoms with Crippen LogP contribution in [0.1, 0.15) is 68.6 Å². The second kappa shape index (κ2) is 13.1. The topological polar surface area (TPSA) is 62.9 Å². The summed E-state index contributed by atoms with van der Waals surface area (Å²) in [7, 11) is 0. The number of amides is 1. The summed E-state index contributed by atoms with van der Waals surface area (Å²) in [6.07, 6.45) is 6.62. The Hall–Kier alpha value is -3.61. The van der Waals surface area contributed by atoms with Gasteiger partial charge in [-0.05, 0) is 73.3 Å². The number of benzene rings is 1. The number of allylic oxidation sites excluding steroid dienone is 2. The highest BCUT2D eigenvalue weighted by atomic mass is 19.4. The first-order valence-electron chi connectivity index (χ1n) is 15.0. The maximum absolute atomic E-state index is 14.1. The third-order valence-electron chi connectivity index (χ3n) is 8.85. The summed E-state index contributed by atoms with van der Waals surface area (Å²) >= 11 is 0. The number of carbonyl (C=O) groups excluding carboxylic acids is 1. The number of carbonyl (C=O) groups is 1. The fourth-order valence-electron chi connectivity index (χ4n) is 6.07. The van der Waals surface area contributed by atoms with Crippen molar-refractivity contribution in [3.05, 3.63) is 64.8 Å². The molecule has 5 rings (SSSR count). The Kier molecular flexibility index (Phi) is 9.34. The fraction of sp³-hybridized carbons (Fsp3) is 0.562. The molecule has 2 fully saturated rings. The van der Waals surface area contributed by atoms with Gasteiger partial charge >= 0.3 is 6.18 Å². The van der Waals surface area contributed by atoms with Gasteiger partial charge in [0.1, 0.15) is 5.75 Å². The van der Waals surface area contributed by atoms with E-state index in [4.69, 9.17) is 11.3 Å². The molecule has 224 valence electrons. The first kappa shape index (κ1) is 29.9. The van der Waals surface area contributed by atoms with Crippen LogP contribution in [0.3, 0.4) is 0 Å². The van der Waals surface area contributed by atoms with Crippen LogP contribution in [0.25, 0.3) is 10.4 Å². The van der Waals surface area contributed by atoms with Crippen molar-refractivity contribution < 1.29 is 22.7 Å². The normalized spacial score (nSPS) is 20.6. The fourth-order valence-corrected chi connectivity index (χ4v) is 6.07. The van der Waals surface area contributed by atoms with E-state index in [1.807, 2.05) is 23.4 Å². The zero-order valence-electron chi connectivity index (χ0n) is 24.1. The number of nitrogens with zero attached hydrogens (tertiary/aromatic N) is 5. The number of hydrogen-bond donors (Lipinski definition) is 0. The van der Waals surface area contributed by atoms with Gasteiger partial charge in [-0.3, -0.25) is 4.79 Å². The van der Waals surface area contributed by atoms with Crippen LogP contribution in [0.5, 0.6) is 5.75 Å². The van der Waals surface area contributed by atoms with Gasteiger partial charge in [0.25, 0.3) is 0 Å². The number of anilines is 1. The molecule has 3 aliphatic rings. The highest BCUT2D eigenvalue weighted by Crippen LogP contribution is 2.40. The molecule has 2 aromatic rings. The highest BCUT2D eigenvalue weighted by Gasteiger charge is 2.36. The van der Waals surface area contributed by atoms with Crippen LogP contribution in [-0.2, 0) is 17.4 Å². The van der Waals surface area contributed by atoms with Crippen LogP contribution in [0.15, 0.2) is 36.7 Å². The van der Waals surface area contributed by atoms with Crippen molar-refractivity contribution in [2.45, 2.75) is 70.5 Å². The molecule has 1 aliphatic carbocycles. The standard InChI is InChI=1S/C32H38F3N5O2/c1-3-22-19-37-31(38-20-22)40-14-10-23(11-15-40)21-42-29-9-8-26(18-28(29)32(33,34)35)24-4-6-25(7-5-24)30(41)39-16-12-27(36-2)13-17-39/h4,8-9,18-20,23,25,27H,3,5-7,10-17,21H2,1H3. The summed E-state index contributed by atoms with van der Waals surface area (Å²) < 4.78 is 48.1. The summed E-state index contributed by atoms with van der Waals surface area (Å²) in [5, 5.41) is 0. The van der Waals surface area contributed by atoms with Crippen LogP contribution in [0.2, 0.25) is 0 Å². The summed E-state index contributed by atoms with van der Waals surface area (Å²) in [5.74, 6) is 0.646. The predicted molar refractivity (Wildman–Crippen MR) is 155 cm³/mol. The summed E-state index contributed by atoms with van der Waals surface area (Å²) in [4.78, 5) is 29.4. The predicted octanol–water partition coefficient (Wildman–Crippen LogP) is 6.45. The third-order valence-corrected chi connectivity index (χ3v) is 8.85. The van der Waals surface area contributed by atoms with Gasteiger partial charge in [-0.25, -0.2) is 16.5 Å². The van der Waals surface area contributed by atoms with Crippen LogP contribution in [0, 0.1) is 18.4 Å². The smallest absolute Gasteiger partial charge is 0.419 e. The van der Waals surface area contributed by atoms with Gasteiger partial charge in [-0.1, -0.05) is 19.1 Å². The molecule has 1 amide bonds. The van der Waals surface area contributed by atoms with E-state index in [1.165, 1.54) is 12.1 Å². The molecule has 2 aliphatic heterocycles. The maximum Gasteiger partial charge on any atom is 0.419 e. The van der Waals surface area contributed by atoms with E-state index in [-0.39, 0.29) is 36.1 Å². The first-order valence-corrected chi connectivity index (χ1v) is 15.0. The van der Waals surface area contributed by atoms with E-state index in [0.717, 1.165) is 43.5 Å². The van der Waals surface area contributed by atoms with Crippen molar-refractivity contribution in [1.29, 1.82) is 0 Å². The van der Waals surface area contributed by atoms with E-state index in [9.17, 15) is 18.0 Å². The van der Waals surface area contributed by atoms with E-state index >= 15 is 0 Å². The van der Waals surface area contributed by atoms with E-state index in [0.29, 0.717) is 56.7 Å². The molecule has 2 saturated heterocycles. The minimum atomic E-state index is -4.54. The van der Waals surface area contributed by atoms with Crippen molar-refractivity contribution in [1.82, 2.24) is 14.9 Å². The van der Waals surface area contributed by atoms with Crippen molar-refractivity contribution in [2.24, 2.45) is 11.8 Å². The lowest BCUT2D eigenvalue weighted by Gasteiger charge is -2.32. The Morgan fingerprint density at radius 3 is 2.38 bits per heavy atom. The number of aryl methyl sites for hydroxylation is 1. The van der Waals surface area contributed by atoms with Crippen LogP contribution in [-0.4, -0.2) is 59.6 Å². The lowest BCUT2D eigenvalue weighted by atomic mass is 9.85. The lowest BCUT2D eigenvalue weighted by molar-refractivity contribution is -0.139. The summed E-state index contributed by atoms with van der Waals surface area (Å²) in [5.41, 5.74) is 1.69. The molecule has 0 bridgehead atoms. The molecule has 3 heterocycles. The molecule has 10 heteroatoms. The molecule has 0 spiro atoms. The summed E-state index contributed by atoms with van der Waals surface area (Å²) in [6.45, 7) is 12.2. The Morgan fingerprint density at radius 1 is 1.07 bits per heavy atom. The molecule has 0 saturated carbocycles. The molecule has 0 radical (unpaired) electrons. The molecule has 1 aromatic heterocycles. The lowest BCUT2D eigenvalue weighted by Crippen LogP contribution is -2.42. The van der Waals surface area contributed by atoms with Gasteiger partial charge in [0, 0.05) is 57.3 Å².